The Morgan fingerprint density at radius 1 is 1.21 bits per heavy atom. The Kier molecular flexibility index (Phi) is 2.60. The van der Waals surface area contributed by atoms with Gasteiger partial charge in [-0.2, -0.15) is 0 Å². The summed E-state index contributed by atoms with van der Waals surface area (Å²) in [4.78, 5) is 4.07. The average Bonchev–Trinajstić information content (AvgIpc) is 2.63. The minimum atomic E-state index is 0.481. The van der Waals surface area contributed by atoms with Crippen LogP contribution < -0.4 is 5.32 Å². The van der Waals surface area contributed by atoms with Crippen LogP contribution in [0, 0.1) is 4.77 Å². The van der Waals surface area contributed by atoms with E-state index in [1.807, 2.05) is 30.3 Å². The number of nitrogens with one attached hydrogen (secondary N) is 3. The highest BCUT2D eigenvalue weighted by molar-refractivity contribution is 7.71. The molecular formula is C9H10N4S. The SMILES string of the molecule is S=c1nc(CNc2ccccc2)[nH][nH]1. The van der Waals surface area contributed by atoms with Gasteiger partial charge >= 0.3 is 0 Å². The number of anilines is 1. The number of hydrogen-bond acceptors (Lipinski definition) is 3. The molecule has 14 heavy (non-hydrogen) atoms. The molecule has 0 fully saturated rings. The summed E-state index contributed by atoms with van der Waals surface area (Å²) in [6.07, 6.45) is 0. The maximum absolute atomic E-state index is 4.84. The van der Waals surface area contributed by atoms with Crippen LogP contribution in [0.2, 0.25) is 0 Å². The maximum Gasteiger partial charge on any atom is 0.213 e. The van der Waals surface area contributed by atoms with E-state index in [1.165, 1.54) is 0 Å². The summed E-state index contributed by atoms with van der Waals surface area (Å²) in [7, 11) is 0. The van der Waals surface area contributed by atoms with Gasteiger partial charge in [0.15, 0.2) is 0 Å². The van der Waals surface area contributed by atoms with Gasteiger partial charge in [0.1, 0.15) is 5.82 Å². The van der Waals surface area contributed by atoms with E-state index < -0.39 is 0 Å². The van der Waals surface area contributed by atoms with Gasteiger partial charge < -0.3 is 5.32 Å². The standard InChI is InChI=1S/C9H10N4S/c14-9-11-8(12-13-9)6-10-7-4-2-1-3-5-7/h1-5,10H,6H2,(H2,11,12,13,14). The smallest absolute Gasteiger partial charge is 0.213 e. The van der Waals surface area contributed by atoms with E-state index >= 15 is 0 Å². The lowest BCUT2D eigenvalue weighted by Crippen LogP contribution is -2.00. The largest absolute Gasteiger partial charge is 0.378 e. The molecule has 0 aliphatic carbocycles. The van der Waals surface area contributed by atoms with Crippen molar-refractivity contribution >= 4 is 17.9 Å². The van der Waals surface area contributed by atoms with Crippen molar-refractivity contribution in [2.24, 2.45) is 0 Å². The lowest BCUT2D eigenvalue weighted by atomic mass is 10.3. The third-order valence-electron chi connectivity index (χ3n) is 1.78. The fourth-order valence-corrected chi connectivity index (χ4v) is 1.29. The van der Waals surface area contributed by atoms with E-state index in [2.05, 4.69) is 20.5 Å². The normalized spacial score (nSPS) is 10.0. The molecule has 1 aromatic carbocycles. The number of nitrogens with zero attached hydrogens (tertiary/aromatic N) is 1. The van der Waals surface area contributed by atoms with Crippen LogP contribution in [0.15, 0.2) is 30.3 Å². The predicted octanol–water partition coefficient (Wildman–Crippen LogP) is 2.08. The van der Waals surface area contributed by atoms with Gasteiger partial charge in [-0.3, -0.25) is 10.2 Å². The molecule has 1 aromatic heterocycles. The van der Waals surface area contributed by atoms with Gasteiger partial charge in [0.25, 0.3) is 0 Å². The van der Waals surface area contributed by atoms with E-state index in [9.17, 15) is 0 Å². The van der Waals surface area contributed by atoms with Crippen LogP contribution in [0.3, 0.4) is 0 Å². The van der Waals surface area contributed by atoms with Crippen LogP contribution in [-0.2, 0) is 6.54 Å². The summed E-state index contributed by atoms with van der Waals surface area (Å²) in [6.45, 7) is 0.636. The second-order valence-corrected chi connectivity index (χ2v) is 3.22. The molecule has 0 bridgehead atoms. The van der Waals surface area contributed by atoms with Crippen molar-refractivity contribution in [3.8, 4) is 0 Å². The third kappa shape index (κ3) is 2.20. The van der Waals surface area contributed by atoms with Crippen molar-refractivity contribution in [1.29, 1.82) is 0 Å². The van der Waals surface area contributed by atoms with Crippen LogP contribution in [0.5, 0.6) is 0 Å². The number of benzene rings is 1. The summed E-state index contributed by atoms with van der Waals surface area (Å²) >= 11 is 4.84. The Labute approximate surface area is 86.4 Å². The summed E-state index contributed by atoms with van der Waals surface area (Å²) < 4.78 is 0.481. The Morgan fingerprint density at radius 2 is 2.00 bits per heavy atom. The average molecular weight is 206 g/mol. The number of aromatic nitrogens is 3. The molecule has 0 aliphatic rings. The first-order valence-corrected chi connectivity index (χ1v) is 4.68. The van der Waals surface area contributed by atoms with Crippen LogP contribution in [-0.4, -0.2) is 15.2 Å². The van der Waals surface area contributed by atoms with E-state index in [-0.39, 0.29) is 0 Å². The first-order valence-electron chi connectivity index (χ1n) is 4.27. The lowest BCUT2D eigenvalue weighted by molar-refractivity contribution is 0.954. The van der Waals surface area contributed by atoms with E-state index in [0.29, 0.717) is 11.3 Å². The Bertz CT molecular complexity index is 445. The molecule has 4 nitrogen and oxygen atoms in total. The number of rotatable bonds is 3. The molecule has 72 valence electrons. The monoisotopic (exact) mass is 206 g/mol. The summed E-state index contributed by atoms with van der Waals surface area (Å²) in [5.74, 6) is 0.804. The fourth-order valence-electron chi connectivity index (χ4n) is 1.13. The highest BCUT2D eigenvalue weighted by Gasteiger charge is 1.95. The Morgan fingerprint density at radius 3 is 2.64 bits per heavy atom. The van der Waals surface area contributed by atoms with Gasteiger partial charge in [-0.25, -0.2) is 4.98 Å². The van der Waals surface area contributed by atoms with Crippen molar-refractivity contribution in [2.45, 2.75) is 6.54 Å². The second kappa shape index (κ2) is 4.06. The third-order valence-corrected chi connectivity index (χ3v) is 1.98. The number of H-pyrrole nitrogens is 2. The van der Waals surface area contributed by atoms with E-state index in [4.69, 9.17) is 12.2 Å². The van der Waals surface area contributed by atoms with Gasteiger partial charge in [0.05, 0.1) is 6.54 Å². The topological polar surface area (TPSA) is 56.5 Å². The molecular weight excluding hydrogens is 196 g/mol. The molecule has 0 spiro atoms. The number of aromatic amines is 2. The van der Waals surface area contributed by atoms with Crippen LogP contribution in [0.4, 0.5) is 5.69 Å². The first-order chi connectivity index (χ1) is 6.84. The van der Waals surface area contributed by atoms with Crippen molar-refractivity contribution < 1.29 is 0 Å². The van der Waals surface area contributed by atoms with Crippen molar-refractivity contribution in [2.75, 3.05) is 5.32 Å². The van der Waals surface area contributed by atoms with Gasteiger partial charge in [-0.1, -0.05) is 18.2 Å². The van der Waals surface area contributed by atoms with Crippen molar-refractivity contribution in [1.82, 2.24) is 15.2 Å². The lowest BCUT2D eigenvalue weighted by Gasteiger charge is -2.02. The minimum absolute atomic E-state index is 0.481. The van der Waals surface area contributed by atoms with Crippen molar-refractivity contribution in [3.05, 3.63) is 40.9 Å². The molecule has 0 radical (unpaired) electrons. The summed E-state index contributed by atoms with van der Waals surface area (Å²) in [5.41, 5.74) is 1.06. The zero-order chi connectivity index (χ0) is 9.80. The zero-order valence-corrected chi connectivity index (χ0v) is 8.27. The molecule has 5 heteroatoms. The maximum atomic E-state index is 4.84. The minimum Gasteiger partial charge on any atom is -0.378 e. The van der Waals surface area contributed by atoms with Crippen LogP contribution >= 0.6 is 12.2 Å². The van der Waals surface area contributed by atoms with Gasteiger partial charge in [-0.15, -0.1) is 0 Å². The van der Waals surface area contributed by atoms with Gasteiger partial charge in [0, 0.05) is 5.69 Å². The van der Waals surface area contributed by atoms with Gasteiger partial charge in [0.2, 0.25) is 4.77 Å². The molecule has 2 aromatic rings. The molecule has 1 heterocycles. The highest BCUT2D eigenvalue weighted by atomic mass is 32.1. The van der Waals surface area contributed by atoms with Crippen molar-refractivity contribution in [3.63, 3.8) is 0 Å². The Balaban J connectivity index is 1.98. The molecule has 0 aliphatic heterocycles. The van der Waals surface area contributed by atoms with Gasteiger partial charge in [-0.05, 0) is 24.4 Å². The quantitative estimate of drug-likeness (QED) is 0.674. The summed E-state index contributed by atoms with van der Waals surface area (Å²) in [5, 5.41) is 8.83. The second-order valence-electron chi connectivity index (χ2n) is 2.83. The summed E-state index contributed by atoms with van der Waals surface area (Å²) in [6, 6.07) is 9.94. The highest BCUT2D eigenvalue weighted by Crippen LogP contribution is 2.05. The first kappa shape index (κ1) is 8.96. The molecule has 2 rings (SSSR count). The molecule has 0 unspecified atom stereocenters. The molecule has 0 atom stereocenters. The predicted molar refractivity (Wildman–Crippen MR) is 57.5 cm³/mol. The zero-order valence-electron chi connectivity index (χ0n) is 7.45. The molecule has 0 amide bonds. The van der Waals surface area contributed by atoms with E-state index in [1.54, 1.807) is 0 Å². The molecule has 0 saturated heterocycles. The molecule has 3 N–H and O–H groups in total. The Hall–Kier alpha value is -1.62. The molecule has 0 saturated carbocycles. The van der Waals surface area contributed by atoms with E-state index in [0.717, 1.165) is 11.5 Å². The fraction of sp³-hybridized carbons (Fsp3) is 0.111. The van der Waals surface area contributed by atoms with Crippen LogP contribution in [0.25, 0.3) is 0 Å². The van der Waals surface area contributed by atoms with Crippen LogP contribution in [0.1, 0.15) is 5.82 Å². The number of para-hydroxylation sites is 1. The number of hydrogen-bond donors (Lipinski definition) is 3.